The Morgan fingerprint density at radius 2 is 2.07 bits per heavy atom. The highest BCUT2D eigenvalue weighted by molar-refractivity contribution is 6.13. The van der Waals surface area contributed by atoms with Gasteiger partial charge in [-0.1, -0.05) is 31.4 Å². The molecule has 6 nitrogen and oxygen atoms in total. The van der Waals surface area contributed by atoms with Crippen molar-refractivity contribution in [2.24, 2.45) is 4.99 Å². The number of pyridine rings is 2. The summed E-state index contributed by atoms with van der Waals surface area (Å²) < 4.78 is 43.7. The summed E-state index contributed by atoms with van der Waals surface area (Å²) in [5.41, 5.74) is -0.233. The first-order valence-electron chi connectivity index (χ1n) is 8.21. The van der Waals surface area contributed by atoms with E-state index in [4.69, 9.17) is 10.1 Å². The number of allylic oxidation sites excluding steroid dienone is 2. The van der Waals surface area contributed by atoms with Crippen LogP contribution in [0.5, 0.6) is 0 Å². The highest BCUT2D eigenvalue weighted by Gasteiger charge is 2.32. The molecule has 150 valence electrons. The van der Waals surface area contributed by atoms with E-state index in [0.717, 1.165) is 6.07 Å². The molecule has 0 aliphatic carbocycles. The Balaban J connectivity index is 2.40. The van der Waals surface area contributed by atoms with Crippen LogP contribution in [0.15, 0.2) is 73.0 Å². The molecule has 2 heterocycles. The average Bonchev–Trinajstić information content (AvgIpc) is 2.71. The third-order valence-electron chi connectivity index (χ3n) is 3.54. The van der Waals surface area contributed by atoms with Crippen LogP contribution in [0, 0.1) is 5.41 Å². The van der Waals surface area contributed by atoms with Gasteiger partial charge in [0.2, 0.25) is 0 Å². The number of aliphatic imine (C=N–C) groups is 1. The van der Waals surface area contributed by atoms with Gasteiger partial charge in [-0.25, -0.2) is 9.98 Å². The van der Waals surface area contributed by atoms with Gasteiger partial charge in [0.1, 0.15) is 23.0 Å². The van der Waals surface area contributed by atoms with Gasteiger partial charge in [0.25, 0.3) is 0 Å². The predicted molar refractivity (Wildman–Crippen MR) is 107 cm³/mol. The van der Waals surface area contributed by atoms with Gasteiger partial charge in [-0.05, 0) is 24.3 Å². The molecular formula is C20H18F3N5O. The number of nitrogens with one attached hydrogen (secondary N) is 2. The lowest BCUT2D eigenvalue weighted by Gasteiger charge is -2.13. The Morgan fingerprint density at radius 3 is 2.72 bits per heavy atom. The molecule has 2 aromatic rings. The first-order valence-corrected chi connectivity index (χ1v) is 8.21. The largest absolute Gasteiger partial charge is 0.497 e. The van der Waals surface area contributed by atoms with Crippen molar-refractivity contribution in [1.82, 2.24) is 9.97 Å². The van der Waals surface area contributed by atoms with Gasteiger partial charge in [-0.15, -0.1) is 0 Å². The molecule has 2 N–H and O–H groups in total. The van der Waals surface area contributed by atoms with E-state index in [-0.39, 0.29) is 11.5 Å². The zero-order valence-electron chi connectivity index (χ0n) is 15.5. The van der Waals surface area contributed by atoms with E-state index in [0.29, 0.717) is 17.0 Å². The van der Waals surface area contributed by atoms with Gasteiger partial charge in [-0.2, -0.15) is 13.2 Å². The molecule has 0 aliphatic heterocycles. The van der Waals surface area contributed by atoms with E-state index in [1.54, 1.807) is 12.1 Å². The van der Waals surface area contributed by atoms with Gasteiger partial charge in [0.05, 0.1) is 18.4 Å². The summed E-state index contributed by atoms with van der Waals surface area (Å²) in [6, 6.07) is 4.92. The molecule has 0 fully saturated rings. The van der Waals surface area contributed by atoms with Crippen LogP contribution < -0.4 is 5.32 Å². The number of rotatable bonds is 6. The van der Waals surface area contributed by atoms with Crippen LogP contribution in [0.1, 0.15) is 17.0 Å². The molecule has 0 saturated carbocycles. The molecule has 29 heavy (non-hydrogen) atoms. The quantitative estimate of drug-likeness (QED) is 0.318. The minimum atomic E-state index is -4.61. The van der Waals surface area contributed by atoms with E-state index < -0.39 is 17.7 Å². The molecule has 9 heteroatoms. The number of amidine groups is 2. The smallest absolute Gasteiger partial charge is 0.433 e. The summed E-state index contributed by atoms with van der Waals surface area (Å²) in [7, 11) is 1.46. The molecule has 0 aliphatic rings. The Bertz CT molecular complexity index is 980. The molecule has 0 saturated heterocycles. The second-order valence-corrected chi connectivity index (χ2v) is 5.52. The SMILES string of the molecule is C=C/C=C/C(=N\C(=N)c1cccc(C(F)(F)F)n1)Nc1ccncc1C(=C)OC. The minimum absolute atomic E-state index is 0.172. The summed E-state index contributed by atoms with van der Waals surface area (Å²) >= 11 is 0. The van der Waals surface area contributed by atoms with E-state index in [2.05, 4.69) is 33.4 Å². The highest BCUT2D eigenvalue weighted by Crippen LogP contribution is 2.27. The molecule has 0 amide bonds. The van der Waals surface area contributed by atoms with Crippen LogP contribution >= 0.6 is 0 Å². The van der Waals surface area contributed by atoms with Crippen LogP contribution in [0.2, 0.25) is 0 Å². The van der Waals surface area contributed by atoms with Gasteiger partial charge in [0.15, 0.2) is 5.84 Å². The Morgan fingerprint density at radius 1 is 1.31 bits per heavy atom. The number of nitrogens with zero attached hydrogens (tertiary/aromatic N) is 3. The van der Waals surface area contributed by atoms with Gasteiger partial charge < -0.3 is 10.1 Å². The number of methoxy groups -OCH3 is 1. The fourth-order valence-corrected chi connectivity index (χ4v) is 2.14. The molecule has 0 bridgehead atoms. The first kappa shape index (κ1) is 21.5. The summed E-state index contributed by atoms with van der Waals surface area (Å²) in [6.07, 6.45) is 3.01. The van der Waals surface area contributed by atoms with Crippen LogP contribution in [0.3, 0.4) is 0 Å². The minimum Gasteiger partial charge on any atom is -0.497 e. The van der Waals surface area contributed by atoms with E-state index in [1.807, 2.05) is 0 Å². The number of ether oxygens (including phenoxy) is 1. The number of hydrogen-bond donors (Lipinski definition) is 2. The van der Waals surface area contributed by atoms with Crippen molar-refractivity contribution >= 4 is 23.1 Å². The molecule has 0 aromatic carbocycles. The summed E-state index contributed by atoms with van der Waals surface area (Å²) in [5, 5.41) is 11.1. The number of anilines is 1. The second kappa shape index (κ2) is 9.45. The van der Waals surface area contributed by atoms with E-state index >= 15 is 0 Å². The molecule has 0 spiro atoms. The van der Waals surface area contributed by atoms with Gasteiger partial charge in [-0.3, -0.25) is 10.4 Å². The van der Waals surface area contributed by atoms with Crippen molar-refractivity contribution in [3.8, 4) is 0 Å². The lowest BCUT2D eigenvalue weighted by molar-refractivity contribution is -0.141. The zero-order valence-corrected chi connectivity index (χ0v) is 15.5. The Kier molecular flexibility index (Phi) is 7.02. The molecule has 0 radical (unpaired) electrons. The van der Waals surface area contributed by atoms with Crippen molar-refractivity contribution < 1.29 is 17.9 Å². The second-order valence-electron chi connectivity index (χ2n) is 5.52. The van der Waals surface area contributed by atoms with Gasteiger partial charge in [0, 0.05) is 12.4 Å². The van der Waals surface area contributed by atoms with Crippen molar-refractivity contribution in [1.29, 1.82) is 5.41 Å². The lowest BCUT2D eigenvalue weighted by Crippen LogP contribution is -2.15. The zero-order chi connectivity index (χ0) is 21.4. The molecule has 0 unspecified atom stereocenters. The van der Waals surface area contributed by atoms with Crippen LogP contribution in [0.25, 0.3) is 5.76 Å². The maximum atomic E-state index is 12.9. The monoisotopic (exact) mass is 401 g/mol. The van der Waals surface area contributed by atoms with Crippen molar-refractivity contribution in [2.45, 2.75) is 6.18 Å². The third-order valence-corrected chi connectivity index (χ3v) is 3.54. The first-order chi connectivity index (χ1) is 13.8. The Hall–Kier alpha value is -3.75. The summed E-state index contributed by atoms with van der Waals surface area (Å²) in [6.45, 7) is 7.35. The summed E-state index contributed by atoms with van der Waals surface area (Å²) in [4.78, 5) is 11.5. The summed E-state index contributed by atoms with van der Waals surface area (Å²) in [5.74, 6) is 0.0706. The molecule has 2 aromatic heterocycles. The fraction of sp³-hybridized carbons (Fsp3) is 0.100. The van der Waals surface area contributed by atoms with E-state index in [9.17, 15) is 13.2 Å². The normalized spacial score (nSPS) is 11.9. The molecule has 0 atom stereocenters. The van der Waals surface area contributed by atoms with Crippen LogP contribution in [0.4, 0.5) is 18.9 Å². The molecular weight excluding hydrogens is 383 g/mol. The third kappa shape index (κ3) is 5.86. The maximum Gasteiger partial charge on any atom is 0.433 e. The molecule has 2 rings (SSSR count). The number of halogens is 3. The number of alkyl halides is 3. The topological polar surface area (TPSA) is 83.3 Å². The Labute approximate surface area is 165 Å². The maximum absolute atomic E-state index is 12.9. The number of hydrogen-bond acceptors (Lipinski definition) is 4. The lowest BCUT2D eigenvalue weighted by atomic mass is 10.2. The average molecular weight is 401 g/mol. The number of aromatic nitrogens is 2. The predicted octanol–water partition coefficient (Wildman–Crippen LogP) is 4.69. The fourth-order valence-electron chi connectivity index (χ4n) is 2.14. The standard InChI is InChI=1S/C20H18F3N5O/c1-4-5-9-18(27-15-10-11-25-12-14(15)13(2)29-3)28-19(24)16-7-6-8-17(26-16)20(21,22)23/h4-12H,1-2H2,3H3,(H2,24,25,27,28)/b9-5+. The van der Waals surface area contributed by atoms with Gasteiger partial charge >= 0.3 is 6.18 Å². The van der Waals surface area contributed by atoms with Crippen LogP contribution in [-0.2, 0) is 10.9 Å². The van der Waals surface area contributed by atoms with Crippen LogP contribution in [-0.4, -0.2) is 28.7 Å². The highest BCUT2D eigenvalue weighted by atomic mass is 19.4. The van der Waals surface area contributed by atoms with E-state index in [1.165, 1.54) is 43.8 Å². The van der Waals surface area contributed by atoms with Crippen molar-refractivity contribution in [2.75, 3.05) is 12.4 Å². The van der Waals surface area contributed by atoms with Crippen molar-refractivity contribution in [3.63, 3.8) is 0 Å². The van der Waals surface area contributed by atoms with Crippen molar-refractivity contribution in [3.05, 3.63) is 85.0 Å².